The molecule has 10 heteroatoms. The van der Waals surface area contributed by atoms with Crippen LogP contribution >= 0.6 is 11.6 Å². The van der Waals surface area contributed by atoms with E-state index in [1.807, 2.05) is 24.3 Å². The van der Waals surface area contributed by atoms with Crippen molar-refractivity contribution < 1.29 is 13.5 Å². The van der Waals surface area contributed by atoms with E-state index in [-0.39, 0.29) is 24.1 Å². The Morgan fingerprint density at radius 3 is 2.65 bits per heavy atom. The van der Waals surface area contributed by atoms with Crippen molar-refractivity contribution in [3.63, 3.8) is 0 Å². The van der Waals surface area contributed by atoms with Crippen LogP contribution in [0.25, 0.3) is 11.2 Å². The Bertz CT molecular complexity index is 946. The van der Waals surface area contributed by atoms with E-state index in [1.54, 1.807) is 11.8 Å². The van der Waals surface area contributed by atoms with Crippen LogP contribution in [0.5, 0.6) is 5.75 Å². The molecule has 0 unspecified atom stereocenters. The molecule has 4 rings (SSSR count). The van der Waals surface area contributed by atoms with E-state index in [9.17, 15) is 8.78 Å². The second kappa shape index (κ2) is 6.31. The van der Waals surface area contributed by atoms with E-state index in [0.29, 0.717) is 17.7 Å². The van der Waals surface area contributed by atoms with Gasteiger partial charge < -0.3 is 9.64 Å². The lowest BCUT2D eigenvalue weighted by atomic mass is 10.2. The summed E-state index contributed by atoms with van der Waals surface area (Å²) in [6.07, 6.45) is -0.226. The van der Waals surface area contributed by atoms with Gasteiger partial charge in [0.25, 0.3) is 5.92 Å². The molecule has 0 N–H and O–H groups in total. The van der Waals surface area contributed by atoms with Crippen molar-refractivity contribution in [3.8, 4) is 5.75 Å². The molecule has 1 aromatic carbocycles. The number of hydrogen-bond acceptors (Lipinski definition) is 6. The minimum absolute atomic E-state index is 0.0269. The Kier molecular flexibility index (Phi) is 4.10. The van der Waals surface area contributed by atoms with Gasteiger partial charge in [-0.25, -0.2) is 13.5 Å². The van der Waals surface area contributed by atoms with E-state index < -0.39 is 12.5 Å². The molecule has 1 aliphatic rings. The molecule has 0 spiro atoms. The van der Waals surface area contributed by atoms with Crippen LogP contribution in [-0.4, -0.2) is 51.1 Å². The molecule has 3 heterocycles. The highest BCUT2D eigenvalue weighted by molar-refractivity contribution is 6.28. The quantitative estimate of drug-likeness (QED) is 0.648. The van der Waals surface area contributed by atoms with Crippen molar-refractivity contribution in [1.82, 2.24) is 25.0 Å². The van der Waals surface area contributed by atoms with Gasteiger partial charge in [0.2, 0.25) is 5.28 Å². The standard InChI is InChI=1S/C16H15ClF2N6O/c1-26-11-4-2-10(3-5-11)8-25-14-12(22-23-25)13(20-15(17)21-14)24-7-6-16(18,19)9-24/h2-5H,6-9H2,1H3. The average molecular weight is 381 g/mol. The maximum atomic E-state index is 13.6. The SMILES string of the molecule is COc1ccc(Cn2nnc3c(N4CCC(F)(F)C4)nc(Cl)nc32)cc1. The van der Waals surface area contributed by atoms with Gasteiger partial charge in [0.1, 0.15) is 5.75 Å². The van der Waals surface area contributed by atoms with Crippen molar-refractivity contribution in [3.05, 3.63) is 35.1 Å². The van der Waals surface area contributed by atoms with Crippen molar-refractivity contribution in [2.75, 3.05) is 25.1 Å². The summed E-state index contributed by atoms with van der Waals surface area (Å²) in [5, 5.41) is 8.18. The van der Waals surface area contributed by atoms with Gasteiger partial charge in [-0.05, 0) is 29.3 Å². The van der Waals surface area contributed by atoms with Gasteiger partial charge in [0.05, 0.1) is 20.2 Å². The number of alkyl halides is 2. The maximum absolute atomic E-state index is 13.6. The van der Waals surface area contributed by atoms with E-state index in [0.717, 1.165) is 11.3 Å². The summed E-state index contributed by atoms with van der Waals surface area (Å²) in [5.41, 5.74) is 1.73. The first-order valence-corrected chi connectivity index (χ1v) is 8.35. The van der Waals surface area contributed by atoms with Crippen molar-refractivity contribution in [2.24, 2.45) is 0 Å². The zero-order valence-electron chi connectivity index (χ0n) is 13.9. The zero-order chi connectivity index (χ0) is 18.3. The summed E-state index contributed by atoms with van der Waals surface area (Å²) in [6, 6.07) is 7.48. The van der Waals surface area contributed by atoms with Gasteiger partial charge in [-0.1, -0.05) is 17.3 Å². The van der Waals surface area contributed by atoms with Crippen LogP contribution in [0.2, 0.25) is 5.28 Å². The molecule has 1 fully saturated rings. The normalized spacial score (nSPS) is 16.4. The fraction of sp³-hybridized carbons (Fsp3) is 0.375. The average Bonchev–Trinajstić information content (AvgIpc) is 3.18. The molecule has 0 aliphatic carbocycles. The predicted molar refractivity (Wildman–Crippen MR) is 92.0 cm³/mol. The number of methoxy groups -OCH3 is 1. The van der Waals surface area contributed by atoms with Gasteiger partial charge in [-0.15, -0.1) is 5.10 Å². The molecule has 0 amide bonds. The van der Waals surface area contributed by atoms with E-state index >= 15 is 0 Å². The van der Waals surface area contributed by atoms with E-state index in [1.165, 1.54) is 4.90 Å². The molecule has 26 heavy (non-hydrogen) atoms. The molecule has 7 nitrogen and oxygen atoms in total. The van der Waals surface area contributed by atoms with Gasteiger partial charge in [-0.3, -0.25) is 0 Å². The Morgan fingerprint density at radius 2 is 2.00 bits per heavy atom. The number of nitrogens with zero attached hydrogens (tertiary/aromatic N) is 6. The smallest absolute Gasteiger partial charge is 0.266 e. The highest BCUT2D eigenvalue weighted by Crippen LogP contribution is 2.33. The molecule has 1 aliphatic heterocycles. The number of benzene rings is 1. The van der Waals surface area contributed by atoms with Gasteiger partial charge in [0, 0.05) is 13.0 Å². The third-order valence-corrected chi connectivity index (χ3v) is 4.45. The lowest BCUT2D eigenvalue weighted by molar-refractivity contribution is 0.0257. The summed E-state index contributed by atoms with van der Waals surface area (Å²) in [6.45, 7) is 0.172. The number of rotatable bonds is 4. The summed E-state index contributed by atoms with van der Waals surface area (Å²) >= 11 is 6.02. The minimum Gasteiger partial charge on any atom is -0.497 e. The van der Waals surface area contributed by atoms with Crippen LogP contribution in [0.4, 0.5) is 14.6 Å². The molecule has 0 bridgehead atoms. The number of anilines is 1. The van der Waals surface area contributed by atoms with Crippen LogP contribution in [0, 0.1) is 0 Å². The molecule has 0 atom stereocenters. The Balaban J connectivity index is 1.69. The van der Waals surface area contributed by atoms with E-state index in [2.05, 4.69) is 20.3 Å². The van der Waals surface area contributed by atoms with Crippen LogP contribution < -0.4 is 9.64 Å². The maximum Gasteiger partial charge on any atom is 0.266 e. The van der Waals surface area contributed by atoms with Crippen LogP contribution in [-0.2, 0) is 6.54 Å². The second-order valence-electron chi connectivity index (χ2n) is 6.11. The molecular weight excluding hydrogens is 366 g/mol. The fourth-order valence-electron chi connectivity index (χ4n) is 2.96. The topological polar surface area (TPSA) is 69.0 Å². The number of fused-ring (bicyclic) bond motifs is 1. The molecule has 1 saturated heterocycles. The Hall–Kier alpha value is -2.55. The lowest BCUT2D eigenvalue weighted by Crippen LogP contribution is -2.26. The summed E-state index contributed by atoms with van der Waals surface area (Å²) in [4.78, 5) is 9.77. The summed E-state index contributed by atoms with van der Waals surface area (Å²) in [5.74, 6) is -1.71. The second-order valence-corrected chi connectivity index (χ2v) is 6.45. The molecule has 3 aromatic rings. The van der Waals surface area contributed by atoms with Gasteiger partial charge in [0.15, 0.2) is 17.0 Å². The minimum atomic E-state index is -2.75. The van der Waals surface area contributed by atoms with Gasteiger partial charge in [-0.2, -0.15) is 9.97 Å². The number of halogens is 3. The fourth-order valence-corrected chi connectivity index (χ4v) is 3.12. The number of ether oxygens (including phenoxy) is 1. The third kappa shape index (κ3) is 3.14. The molecular formula is C16H15ClF2N6O. The van der Waals surface area contributed by atoms with Crippen LogP contribution in [0.3, 0.4) is 0 Å². The molecule has 2 aromatic heterocycles. The first kappa shape index (κ1) is 16.9. The molecule has 0 radical (unpaired) electrons. The largest absolute Gasteiger partial charge is 0.497 e. The Morgan fingerprint density at radius 1 is 1.23 bits per heavy atom. The first-order valence-electron chi connectivity index (χ1n) is 7.98. The molecule has 136 valence electrons. The summed E-state index contributed by atoms with van der Waals surface area (Å²) < 4.78 is 33.8. The Labute approximate surface area is 152 Å². The number of hydrogen-bond donors (Lipinski definition) is 0. The highest BCUT2D eigenvalue weighted by atomic mass is 35.5. The number of aromatic nitrogens is 5. The zero-order valence-corrected chi connectivity index (χ0v) is 14.6. The van der Waals surface area contributed by atoms with Crippen LogP contribution in [0.15, 0.2) is 24.3 Å². The predicted octanol–water partition coefficient (Wildman–Crippen LogP) is 2.78. The van der Waals surface area contributed by atoms with Gasteiger partial charge >= 0.3 is 0 Å². The monoisotopic (exact) mass is 380 g/mol. The van der Waals surface area contributed by atoms with Crippen molar-refractivity contribution in [2.45, 2.75) is 18.9 Å². The van der Waals surface area contributed by atoms with Crippen LogP contribution in [0.1, 0.15) is 12.0 Å². The highest BCUT2D eigenvalue weighted by Gasteiger charge is 2.40. The van der Waals surface area contributed by atoms with Crippen molar-refractivity contribution in [1.29, 1.82) is 0 Å². The first-order chi connectivity index (χ1) is 12.4. The molecule has 0 saturated carbocycles. The van der Waals surface area contributed by atoms with E-state index in [4.69, 9.17) is 16.3 Å². The summed E-state index contributed by atoms with van der Waals surface area (Å²) in [7, 11) is 1.60. The third-order valence-electron chi connectivity index (χ3n) is 4.28. The van der Waals surface area contributed by atoms with Crippen molar-refractivity contribution >= 4 is 28.6 Å². The lowest BCUT2D eigenvalue weighted by Gasteiger charge is -2.17.